The number of hydrogen-bond acceptors (Lipinski definition) is 3. The quantitative estimate of drug-likeness (QED) is 0.852. The number of nitrogens with one attached hydrogen (secondary N) is 1. The Hall–Kier alpha value is -2.04. The van der Waals surface area contributed by atoms with E-state index in [2.05, 4.69) is 5.32 Å². The highest BCUT2D eigenvalue weighted by atomic mass is 16.3. The molecule has 19 heavy (non-hydrogen) atoms. The lowest BCUT2D eigenvalue weighted by Crippen LogP contribution is -2.39. The SMILES string of the molecule is Cc1ccc(C(=O)N(C)CC(=O)NC2CC2)c(O)c1. The van der Waals surface area contributed by atoms with Gasteiger partial charge in [-0.05, 0) is 37.5 Å². The van der Waals surface area contributed by atoms with E-state index in [9.17, 15) is 14.7 Å². The number of rotatable bonds is 4. The summed E-state index contributed by atoms with van der Waals surface area (Å²) in [6, 6.07) is 5.14. The van der Waals surface area contributed by atoms with Crippen molar-refractivity contribution >= 4 is 11.8 Å². The van der Waals surface area contributed by atoms with Crippen LogP contribution in [0.15, 0.2) is 18.2 Å². The number of carbonyl (C=O) groups is 2. The van der Waals surface area contributed by atoms with Gasteiger partial charge in [-0.15, -0.1) is 0 Å². The summed E-state index contributed by atoms with van der Waals surface area (Å²) in [5, 5.41) is 12.6. The maximum Gasteiger partial charge on any atom is 0.257 e. The van der Waals surface area contributed by atoms with Crippen molar-refractivity contribution in [1.29, 1.82) is 0 Å². The number of likely N-dealkylation sites (N-methyl/N-ethyl adjacent to an activating group) is 1. The first-order chi connectivity index (χ1) is 8.97. The molecule has 5 nitrogen and oxygen atoms in total. The van der Waals surface area contributed by atoms with E-state index in [1.54, 1.807) is 19.2 Å². The fourth-order valence-electron chi connectivity index (χ4n) is 1.82. The smallest absolute Gasteiger partial charge is 0.257 e. The molecule has 1 aliphatic carbocycles. The molecule has 0 saturated heterocycles. The number of benzene rings is 1. The summed E-state index contributed by atoms with van der Waals surface area (Å²) < 4.78 is 0. The fourth-order valence-corrected chi connectivity index (χ4v) is 1.82. The third-order valence-corrected chi connectivity index (χ3v) is 3.05. The van der Waals surface area contributed by atoms with Gasteiger partial charge in [0.1, 0.15) is 5.75 Å². The van der Waals surface area contributed by atoms with Gasteiger partial charge in [0.15, 0.2) is 0 Å². The zero-order chi connectivity index (χ0) is 14.0. The first kappa shape index (κ1) is 13.4. The summed E-state index contributed by atoms with van der Waals surface area (Å²) in [6.07, 6.45) is 2.03. The highest BCUT2D eigenvalue weighted by Gasteiger charge is 2.25. The molecule has 2 rings (SSSR count). The van der Waals surface area contributed by atoms with Gasteiger partial charge in [-0.2, -0.15) is 0 Å². The van der Waals surface area contributed by atoms with Crippen LogP contribution < -0.4 is 5.32 Å². The molecule has 1 saturated carbocycles. The maximum absolute atomic E-state index is 12.1. The van der Waals surface area contributed by atoms with Crippen LogP contribution in [0, 0.1) is 6.92 Å². The Kier molecular flexibility index (Phi) is 3.74. The van der Waals surface area contributed by atoms with E-state index in [4.69, 9.17) is 0 Å². The standard InChI is InChI=1S/C14H18N2O3/c1-9-3-6-11(12(17)7-9)14(19)16(2)8-13(18)15-10-4-5-10/h3,6-7,10,17H,4-5,8H2,1-2H3,(H,15,18). The molecular formula is C14H18N2O3. The van der Waals surface area contributed by atoms with E-state index in [1.807, 2.05) is 6.92 Å². The van der Waals surface area contributed by atoms with Gasteiger partial charge in [-0.1, -0.05) is 6.07 Å². The third-order valence-electron chi connectivity index (χ3n) is 3.05. The molecular weight excluding hydrogens is 244 g/mol. The minimum Gasteiger partial charge on any atom is -0.507 e. The van der Waals surface area contributed by atoms with Crippen LogP contribution in [-0.4, -0.2) is 41.5 Å². The fraction of sp³-hybridized carbons (Fsp3) is 0.429. The molecule has 0 aromatic heterocycles. The molecule has 1 aliphatic rings. The Morgan fingerprint density at radius 3 is 2.68 bits per heavy atom. The number of phenols is 1. The molecule has 0 heterocycles. The van der Waals surface area contributed by atoms with E-state index in [0.29, 0.717) is 0 Å². The molecule has 1 aromatic rings. The number of aromatic hydroxyl groups is 1. The normalized spacial score (nSPS) is 14.0. The van der Waals surface area contributed by atoms with E-state index < -0.39 is 0 Å². The number of nitrogens with zero attached hydrogens (tertiary/aromatic N) is 1. The minimum atomic E-state index is -0.358. The van der Waals surface area contributed by atoms with Gasteiger partial charge in [-0.3, -0.25) is 9.59 Å². The number of aryl methyl sites for hydroxylation is 1. The Bertz CT molecular complexity index is 509. The topological polar surface area (TPSA) is 69.6 Å². The van der Waals surface area contributed by atoms with Crippen molar-refractivity contribution in [1.82, 2.24) is 10.2 Å². The van der Waals surface area contributed by atoms with Crippen molar-refractivity contribution in [2.75, 3.05) is 13.6 Å². The summed E-state index contributed by atoms with van der Waals surface area (Å²) >= 11 is 0. The second-order valence-electron chi connectivity index (χ2n) is 5.02. The predicted molar refractivity (Wildman–Crippen MR) is 71.0 cm³/mol. The first-order valence-electron chi connectivity index (χ1n) is 6.32. The average Bonchev–Trinajstić information content (AvgIpc) is 3.11. The van der Waals surface area contributed by atoms with Crippen molar-refractivity contribution in [3.63, 3.8) is 0 Å². The number of phenolic OH excluding ortho intramolecular Hbond substituents is 1. The maximum atomic E-state index is 12.1. The van der Waals surface area contributed by atoms with Crippen molar-refractivity contribution < 1.29 is 14.7 Å². The van der Waals surface area contributed by atoms with Gasteiger partial charge in [0, 0.05) is 13.1 Å². The molecule has 2 N–H and O–H groups in total. The van der Waals surface area contributed by atoms with Gasteiger partial charge < -0.3 is 15.3 Å². The highest BCUT2D eigenvalue weighted by Crippen LogP contribution is 2.20. The van der Waals surface area contributed by atoms with Crippen LogP contribution in [-0.2, 0) is 4.79 Å². The van der Waals surface area contributed by atoms with Crippen LogP contribution in [0.2, 0.25) is 0 Å². The van der Waals surface area contributed by atoms with E-state index in [-0.39, 0.29) is 35.7 Å². The summed E-state index contributed by atoms with van der Waals surface area (Å²) in [4.78, 5) is 25.0. The van der Waals surface area contributed by atoms with Gasteiger partial charge in [-0.25, -0.2) is 0 Å². The molecule has 0 radical (unpaired) electrons. The Balaban J connectivity index is 1.99. The number of hydrogen-bond donors (Lipinski definition) is 2. The first-order valence-corrected chi connectivity index (χ1v) is 6.32. The summed E-state index contributed by atoms with van der Waals surface area (Å²) in [5.41, 5.74) is 1.09. The second kappa shape index (κ2) is 5.30. The van der Waals surface area contributed by atoms with Crippen LogP contribution in [0.25, 0.3) is 0 Å². The molecule has 1 fully saturated rings. The van der Waals surface area contributed by atoms with E-state index in [1.165, 1.54) is 11.0 Å². The van der Waals surface area contributed by atoms with Crippen LogP contribution in [0.3, 0.4) is 0 Å². The third kappa shape index (κ3) is 3.47. The van der Waals surface area contributed by atoms with Crippen LogP contribution in [0.4, 0.5) is 0 Å². The monoisotopic (exact) mass is 262 g/mol. The van der Waals surface area contributed by atoms with Crippen molar-refractivity contribution in [2.45, 2.75) is 25.8 Å². The van der Waals surface area contributed by atoms with Crippen molar-refractivity contribution in [3.8, 4) is 5.75 Å². The van der Waals surface area contributed by atoms with Gasteiger partial charge in [0.25, 0.3) is 5.91 Å². The Morgan fingerprint density at radius 2 is 2.11 bits per heavy atom. The zero-order valence-electron chi connectivity index (χ0n) is 11.1. The van der Waals surface area contributed by atoms with E-state index in [0.717, 1.165) is 18.4 Å². The largest absolute Gasteiger partial charge is 0.507 e. The van der Waals surface area contributed by atoms with Crippen LogP contribution in [0.5, 0.6) is 5.75 Å². The van der Waals surface area contributed by atoms with Crippen LogP contribution in [0.1, 0.15) is 28.8 Å². The van der Waals surface area contributed by atoms with Crippen molar-refractivity contribution in [2.24, 2.45) is 0 Å². The lowest BCUT2D eigenvalue weighted by molar-refractivity contribution is -0.121. The minimum absolute atomic E-state index is 0.00263. The molecule has 5 heteroatoms. The Morgan fingerprint density at radius 1 is 1.42 bits per heavy atom. The molecule has 1 aromatic carbocycles. The summed E-state index contributed by atoms with van der Waals surface area (Å²) in [6.45, 7) is 1.84. The average molecular weight is 262 g/mol. The molecule has 0 aliphatic heterocycles. The zero-order valence-corrected chi connectivity index (χ0v) is 11.1. The second-order valence-corrected chi connectivity index (χ2v) is 5.02. The van der Waals surface area contributed by atoms with Gasteiger partial charge in [0.2, 0.25) is 5.91 Å². The van der Waals surface area contributed by atoms with Gasteiger partial charge >= 0.3 is 0 Å². The van der Waals surface area contributed by atoms with Crippen LogP contribution >= 0.6 is 0 Å². The summed E-state index contributed by atoms with van der Waals surface area (Å²) in [7, 11) is 1.55. The lowest BCUT2D eigenvalue weighted by Gasteiger charge is -2.17. The Labute approximate surface area is 112 Å². The molecule has 0 bridgehead atoms. The molecule has 102 valence electrons. The predicted octanol–water partition coefficient (Wildman–Crippen LogP) is 1.05. The molecule has 2 amide bonds. The highest BCUT2D eigenvalue weighted by molar-refractivity contribution is 5.98. The molecule has 0 unspecified atom stereocenters. The molecule has 0 spiro atoms. The molecule has 0 atom stereocenters. The number of amides is 2. The van der Waals surface area contributed by atoms with Gasteiger partial charge in [0.05, 0.1) is 12.1 Å². The van der Waals surface area contributed by atoms with Crippen molar-refractivity contribution in [3.05, 3.63) is 29.3 Å². The number of carbonyl (C=O) groups excluding carboxylic acids is 2. The van der Waals surface area contributed by atoms with E-state index >= 15 is 0 Å². The summed E-state index contributed by atoms with van der Waals surface area (Å²) in [5.74, 6) is -0.576. The lowest BCUT2D eigenvalue weighted by atomic mass is 10.1.